The van der Waals surface area contributed by atoms with Gasteiger partial charge in [0.1, 0.15) is 0 Å². The van der Waals surface area contributed by atoms with Gasteiger partial charge in [0.2, 0.25) is 0 Å². The Morgan fingerprint density at radius 2 is 1.80 bits per heavy atom. The zero-order valence-electron chi connectivity index (χ0n) is 10.2. The van der Waals surface area contributed by atoms with Gasteiger partial charge in [0.05, 0.1) is 5.60 Å². The zero-order chi connectivity index (χ0) is 10.9. The van der Waals surface area contributed by atoms with Gasteiger partial charge in [-0.25, -0.2) is 0 Å². The summed E-state index contributed by atoms with van der Waals surface area (Å²) in [6.07, 6.45) is 9.40. The van der Waals surface area contributed by atoms with Crippen LogP contribution in [0.1, 0.15) is 58.3 Å². The zero-order valence-corrected chi connectivity index (χ0v) is 10.2. The molecule has 15 heavy (non-hydrogen) atoms. The van der Waals surface area contributed by atoms with Gasteiger partial charge >= 0.3 is 0 Å². The SMILES string of the molecule is CCCCCC1(O)CC2CCC(C1)N2C. The van der Waals surface area contributed by atoms with Crippen LogP contribution in [0.3, 0.4) is 0 Å². The summed E-state index contributed by atoms with van der Waals surface area (Å²) in [6.45, 7) is 2.22. The fourth-order valence-corrected chi connectivity index (χ4v) is 3.45. The lowest BCUT2D eigenvalue weighted by Crippen LogP contribution is -2.49. The van der Waals surface area contributed by atoms with E-state index in [-0.39, 0.29) is 5.60 Å². The van der Waals surface area contributed by atoms with Crippen LogP contribution in [0.25, 0.3) is 0 Å². The first kappa shape index (κ1) is 11.4. The molecule has 2 heterocycles. The van der Waals surface area contributed by atoms with Gasteiger partial charge in [0.25, 0.3) is 0 Å². The Kier molecular flexibility index (Phi) is 3.36. The molecule has 0 aromatic rings. The van der Waals surface area contributed by atoms with Gasteiger partial charge in [0.15, 0.2) is 0 Å². The number of piperidine rings is 1. The molecule has 2 aliphatic heterocycles. The van der Waals surface area contributed by atoms with E-state index in [1.807, 2.05) is 0 Å². The number of nitrogens with zero attached hydrogens (tertiary/aromatic N) is 1. The van der Waals surface area contributed by atoms with Gasteiger partial charge in [-0.1, -0.05) is 26.2 Å². The molecule has 2 unspecified atom stereocenters. The molecule has 2 aliphatic rings. The van der Waals surface area contributed by atoms with Crippen LogP contribution in [0, 0.1) is 0 Å². The number of unbranched alkanes of at least 4 members (excludes halogenated alkanes) is 2. The fraction of sp³-hybridized carbons (Fsp3) is 1.00. The van der Waals surface area contributed by atoms with Gasteiger partial charge in [0, 0.05) is 12.1 Å². The molecule has 0 aromatic heterocycles. The molecule has 1 N–H and O–H groups in total. The van der Waals surface area contributed by atoms with Gasteiger partial charge in [-0.2, -0.15) is 0 Å². The predicted molar refractivity (Wildman–Crippen MR) is 62.9 cm³/mol. The first-order valence-electron chi connectivity index (χ1n) is 6.59. The van der Waals surface area contributed by atoms with Crippen molar-refractivity contribution >= 4 is 0 Å². The van der Waals surface area contributed by atoms with E-state index in [1.54, 1.807) is 0 Å². The summed E-state index contributed by atoms with van der Waals surface area (Å²) in [5.74, 6) is 0. The van der Waals surface area contributed by atoms with Crippen molar-refractivity contribution < 1.29 is 5.11 Å². The monoisotopic (exact) mass is 211 g/mol. The molecule has 2 fully saturated rings. The predicted octanol–water partition coefficient (Wildman–Crippen LogP) is 2.55. The van der Waals surface area contributed by atoms with Gasteiger partial charge in [-0.3, -0.25) is 0 Å². The Balaban J connectivity index is 1.88. The maximum absolute atomic E-state index is 10.6. The molecule has 2 saturated heterocycles. The molecule has 0 saturated carbocycles. The molecule has 0 aliphatic carbocycles. The van der Waals surface area contributed by atoms with E-state index in [0.717, 1.165) is 19.3 Å². The van der Waals surface area contributed by atoms with Crippen molar-refractivity contribution in [3.8, 4) is 0 Å². The Hall–Kier alpha value is -0.0800. The summed E-state index contributed by atoms with van der Waals surface area (Å²) in [5, 5.41) is 10.6. The van der Waals surface area contributed by atoms with Crippen LogP contribution in [0.4, 0.5) is 0 Å². The molecule has 2 atom stereocenters. The molecule has 2 heteroatoms. The second kappa shape index (κ2) is 4.42. The van der Waals surface area contributed by atoms with Crippen molar-refractivity contribution in [2.24, 2.45) is 0 Å². The van der Waals surface area contributed by atoms with Crippen LogP contribution in [0.15, 0.2) is 0 Å². The standard InChI is InChI=1S/C13H25NO/c1-3-4-5-8-13(15)9-11-6-7-12(10-13)14(11)2/h11-12,15H,3-10H2,1-2H3. The second-order valence-electron chi connectivity index (χ2n) is 5.64. The average molecular weight is 211 g/mol. The molecule has 0 aromatic carbocycles. The van der Waals surface area contributed by atoms with Crippen molar-refractivity contribution in [3.05, 3.63) is 0 Å². The Bertz CT molecular complexity index is 203. The normalized spacial score (nSPS) is 41.0. The largest absolute Gasteiger partial charge is 0.390 e. The molecule has 0 spiro atoms. The molecule has 2 nitrogen and oxygen atoms in total. The highest BCUT2D eigenvalue weighted by Gasteiger charge is 2.45. The third-order valence-corrected chi connectivity index (χ3v) is 4.46. The number of hydrogen-bond donors (Lipinski definition) is 1. The third-order valence-electron chi connectivity index (χ3n) is 4.46. The quantitative estimate of drug-likeness (QED) is 0.722. The minimum Gasteiger partial charge on any atom is -0.390 e. The van der Waals surface area contributed by atoms with Crippen molar-refractivity contribution in [1.82, 2.24) is 4.90 Å². The first-order chi connectivity index (χ1) is 7.14. The Labute approximate surface area is 93.7 Å². The first-order valence-corrected chi connectivity index (χ1v) is 6.59. The fourth-order valence-electron chi connectivity index (χ4n) is 3.45. The van der Waals surface area contributed by atoms with Crippen molar-refractivity contribution in [2.75, 3.05) is 7.05 Å². The summed E-state index contributed by atoms with van der Waals surface area (Å²) in [4.78, 5) is 2.49. The molecule has 2 bridgehead atoms. The summed E-state index contributed by atoms with van der Waals surface area (Å²) < 4.78 is 0. The van der Waals surface area contributed by atoms with Crippen LogP contribution >= 0.6 is 0 Å². The summed E-state index contributed by atoms with van der Waals surface area (Å²) >= 11 is 0. The lowest BCUT2D eigenvalue weighted by atomic mass is 9.82. The number of aliphatic hydroxyl groups is 1. The van der Waals surface area contributed by atoms with Gasteiger partial charge in [-0.15, -0.1) is 0 Å². The van der Waals surface area contributed by atoms with E-state index in [4.69, 9.17) is 0 Å². The van der Waals surface area contributed by atoms with E-state index in [9.17, 15) is 5.11 Å². The topological polar surface area (TPSA) is 23.5 Å². The summed E-state index contributed by atoms with van der Waals surface area (Å²) in [5.41, 5.74) is -0.326. The van der Waals surface area contributed by atoms with Crippen LogP contribution in [-0.4, -0.2) is 34.7 Å². The average Bonchev–Trinajstić information content (AvgIpc) is 2.44. The van der Waals surface area contributed by atoms with Crippen molar-refractivity contribution in [3.63, 3.8) is 0 Å². The van der Waals surface area contributed by atoms with Crippen molar-refractivity contribution in [1.29, 1.82) is 0 Å². The molecular weight excluding hydrogens is 186 g/mol. The molecule has 2 rings (SSSR count). The summed E-state index contributed by atoms with van der Waals surface area (Å²) in [7, 11) is 2.23. The Morgan fingerprint density at radius 3 is 2.33 bits per heavy atom. The smallest absolute Gasteiger partial charge is 0.0677 e. The van der Waals surface area contributed by atoms with Crippen LogP contribution in [0.2, 0.25) is 0 Å². The van der Waals surface area contributed by atoms with E-state index >= 15 is 0 Å². The minimum atomic E-state index is -0.326. The molecule has 0 radical (unpaired) electrons. The van der Waals surface area contributed by atoms with Crippen molar-refractivity contribution in [2.45, 2.75) is 76.0 Å². The summed E-state index contributed by atoms with van der Waals surface area (Å²) in [6, 6.07) is 1.32. The highest BCUT2D eigenvalue weighted by molar-refractivity contribution is 5.00. The lowest BCUT2D eigenvalue weighted by Gasteiger charge is -2.42. The van der Waals surface area contributed by atoms with E-state index in [2.05, 4.69) is 18.9 Å². The van der Waals surface area contributed by atoms with E-state index in [0.29, 0.717) is 12.1 Å². The van der Waals surface area contributed by atoms with E-state index in [1.165, 1.54) is 32.1 Å². The maximum Gasteiger partial charge on any atom is 0.0677 e. The maximum atomic E-state index is 10.6. The van der Waals surface area contributed by atoms with Crippen LogP contribution in [0.5, 0.6) is 0 Å². The Morgan fingerprint density at radius 1 is 1.20 bits per heavy atom. The number of rotatable bonds is 4. The van der Waals surface area contributed by atoms with Gasteiger partial charge in [-0.05, 0) is 39.2 Å². The van der Waals surface area contributed by atoms with Crippen LogP contribution < -0.4 is 0 Å². The van der Waals surface area contributed by atoms with E-state index < -0.39 is 0 Å². The molecule has 88 valence electrons. The lowest BCUT2D eigenvalue weighted by molar-refractivity contribution is -0.0513. The minimum absolute atomic E-state index is 0.326. The second-order valence-corrected chi connectivity index (χ2v) is 5.64. The van der Waals surface area contributed by atoms with Gasteiger partial charge < -0.3 is 10.0 Å². The highest BCUT2D eigenvalue weighted by Crippen LogP contribution is 2.41. The number of fused-ring (bicyclic) bond motifs is 2. The van der Waals surface area contributed by atoms with Crippen LogP contribution in [-0.2, 0) is 0 Å². The third kappa shape index (κ3) is 2.36. The molecular formula is C13H25NO. The number of hydrogen-bond acceptors (Lipinski definition) is 2. The highest BCUT2D eigenvalue weighted by atomic mass is 16.3. The molecule has 0 amide bonds.